The van der Waals surface area contributed by atoms with E-state index in [9.17, 15) is 26.4 Å². The van der Waals surface area contributed by atoms with E-state index in [-0.39, 0.29) is 114 Å². The molecule has 0 aliphatic carbocycles. The molecule has 2 aliphatic heterocycles. The van der Waals surface area contributed by atoms with E-state index in [1.54, 1.807) is 48.5 Å². The second-order valence-electron chi connectivity index (χ2n) is 16.6. The number of halogens is 4. The van der Waals surface area contributed by atoms with E-state index in [1.807, 2.05) is 38.4 Å². The summed E-state index contributed by atoms with van der Waals surface area (Å²) in [7, 11) is -3.52. The van der Waals surface area contributed by atoms with Crippen molar-refractivity contribution < 1.29 is 50.1 Å². The van der Waals surface area contributed by atoms with Gasteiger partial charge in [-0.15, -0.1) is 0 Å². The number of nitrogens with one attached hydrogen (secondary N) is 4. The number of amides is 2. The highest BCUT2D eigenvalue weighted by atomic mass is 35.5. The monoisotopic (exact) mass is 1090 g/mol. The summed E-state index contributed by atoms with van der Waals surface area (Å²) in [5, 5.41) is 7.58. The Bertz CT molecular complexity index is 2620. The Kier molecular flexibility index (Phi) is 21.5. The molecule has 0 fully saturated rings. The van der Waals surface area contributed by atoms with Crippen LogP contribution >= 0.6 is 46.4 Å². The van der Waals surface area contributed by atoms with Gasteiger partial charge < -0.3 is 39.2 Å². The quantitative estimate of drug-likeness (QED) is 0.0556. The third kappa shape index (κ3) is 16.3. The van der Waals surface area contributed by atoms with E-state index in [0.29, 0.717) is 33.2 Å². The summed E-state index contributed by atoms with van der Waals surface area (Å²) in [6.07, 6.45) is 0. The first-order valence-electron chi connectivity index (χ1n) is 22.5. The van der Waals surface area contributed by atoms with Crippen LogP contribution in [0.5, 0.6) is 0 Å². The largest absolute Gasteiger partial charge is 0.378 e. The number of sulfonamides is 2. The van der Waals surface area contributed by atoms with Crippen LogP contribution < -0.4 is 20.1 Å². The van der Waals surface area contributed by atoms with Gasteiger partial charge in [0, 0.05) is 71.8 Å². The van der Waals surface area contributed by atoms with Crippen molar-refractivity contribution in [3.8, 4) is 0 Å². The minimum absolute atomic E-state index is 0.00718. The van der Waals surface area contributed by atoms with Crippen molar-refractivity contribution >= 4 is 78.3 Å². The molecule has 2 aliphatic rings. The van der Waals surface area contributed by atoms with Crippen molar-refractivity contribution in [2.45, 2.75) is 34.8 Å². The van der Waals surface area contributed by atoms with Crippen LogP contribution in [0.3, 0.4) is 0 Å². The molecular weight excluding hydrogens is 1030 g/mol. The summed E-state index contributed by atoms with van der Waals surface area (Å²) in [4.78, 5) is 28.7. The van der Waals surface area contributed by atoms with E-state index < -0.39 is 31.9 Å². The fraction of sp³-hybridized carbons (Fsp3) is 0.447. The standard InChI is InChI=1S/C47H58Cl4N6O11S2/c1-56-27-40(38-23-34(48)25-43(50)41(38)28-56)32-3-7-36(8-4-32)69(60,61)54-13-17-66-21-19-64-15-11-52-45(58)30-68-31-46(59)53-12-16-65-20-22-67-18-14-55-70(62,63)37-9-5-33(6-10-37)47-39-24-35(49)26-44(51)42(39)29-57(47)2/h3-10,23-26,40,47,54-55H,11-22,27-31H2,1-2H3,(H,52,58)(H,53,59)/t40-,47-/m0/s1. The molecule has 0 bridgehead atoms. The van der Waals surface area contributed by atoms with Crippen LogP contribution in [0, 0.1) is 0 Å². The highest BCUT2D eigenvalue weighted by Crippen LogP contribution is 2.42. The second kappa shape index (κ2) is 27.0. The molecule has 0 spiro atoms. The summed E-state index contributed by atoms with van der Waals surface area (Å²) in [6, 6.07) is 20.7. The molecule has 17 nitrogen and oxygen atoms in total. The van der Waals surface area contributed by atoms with Crippen molar-refractivity contribution in [1.82, 2.24) is 29.9 Å². The average molecular weight is 1090 g/mol. The van der Waals surface area contributed by atoms with Crippen molar-refractivity contribution in [3.05, 3.63) is 126 Å². The van der Waals surface area contributed by atoms with E-state index in [0.717, 1.165) is 39.9 Å². The van der Waals surface area contributed by atoms with Crippen LogP contribution in [0.2, 0.25) is 20.1 Å². The molecule has 0 saturated carbocycles. The third-order valence-electron chi connectivity index (χ3n) is 11.4. The van der Waals surface area contributed by atoms with Crippen LogP contribution in [0.25, 0.3) is 0 Å². The van der Waals surface area contributed by atoms with Crippen molar-refractivity contribution in [2.75, 3.05) is 113 Å². The van der Waals surface area contributed by atoms with E-state index in [2.05, 4.69) is 29.9 Å². The highest BCUT2D eigenvalue weighted by Gasteiger charge is 2.32. The zero-order chi connectivity index (χ0) is 50.3. The molecule has 2 atom stereocenters. The predicted molar refractivity (Wildman–Crippen MR) is 268 cm³/mol. The normalized spacial score (nSPS) is 16.3. The summed E-state index contributed by atoms with van der Waals surface area (Å²) in [5.41, 5.74) is 5.95. The fourth-order valence-corrected chi connectivity index (χ4v) is 11.2. The zero-order valence-corrected chi connectivity index (χ0v) is 43.5. The topological polar surface area (TPSA) is 203 Å². The molecule has 70 heavy (non-hydrogen) atoms. The predicted octanol–water partition coefficient (Wildman–Crippen LogP) is 4.98. The summed E-state index contributed by atoms with van der Waals surface area (Å²) < 4.78 is 83.6. The lowest BCUT2D eigenvalue weighted by Crippen LogP contribution is -2.34. The molecule has 23 heteroatoms. The number of hydrogen-bond acceptors (Lipinski definition) is 13. The fourth-order valence-electron chi connectivity index (χ4n) is 8.06. The number of rotatable bonds is 28. The minimum atomic E-state index is -3.76. The van der Waals surface area contributed by atoms with E-state index in [1.165, 1.54) is 0 Å². The van der Waals surface area contributed by atoms with Crippen LogP contribution in [-0.2, 0) is 66.4 Å². The van der Waals surface area contributed by atoms with Gasteiger partial charge in [-0.25, -0.2) is 26.3 Å². The number of likely N-dealkylation sites (N-methyl/N-ethyl adjacent to an activating group) is 1. The van der Waals surface area contributed by atoms with Gasteiger partial charge in [0.1, 0.15) is 13.2 Å². The van der Waals surface area contributed by atoms with Crippen LogP contribution in [-0.4, -0.2) is 151 Å². The number of benzene rings is 4. The number of nitrogens with zero attached hydrogens (tertiary/aromatic N) is 2. The number of hydrogen-bond donors (Lipinski definition) is 4. The van der Waals surface area contributed by atoms with Gasteiger partial charge in [0.2, 0.25) is 31.9 Å². The van der Waals surface area contributed by atoms with Gasteiger partial charge in [0.25, 0.3) is 0 Å². The molecule has 0 unspecified atom stereocenters. The Morgan fingerprint density at radius 2 is 0.986 bits per heavy atom. The van der Waals surface area contributed by atoms with Gasteiger partial charge in [-0.3, -0.25) is 14.5 Å². The van der Waals surface area contributed by atoms with Gasteiger partial charge in [-0.2, -0.15) is 0 Å². The van der Waals surface area contributed by atoms with E-state index in [4.69, 9.17) is 70.1 Å². The molecule has 0 aromatic heterocycles. The van der Waals surface area contributed by atoms with E-state index >= 15 is 0 Å². The van der Waals surface area contributed by atoms with Crippen LogP contribution in [0.15, 0.2) is 82.6 Å². The summed E-state index contributed by atoms with van der Waals surface area (Å²) >= 11 is 25.5. The Morgan fingerprint density at radius 1 is 0.557 bits per heavy atom. The number of carbonyl (C=O) groups is 2. The lowest BCUT2D eigenvalue weighted by Gasteiger charge is -2.33. The van der Waals surface area contributed by atoms with Gasteiger partial charge in [0.05, 0.1) is 68.7 Å². The van der Waals surface area contributed by atoms with Crippen LogP contribution in [0.4, 0.5) is 0 Å². The minimum Gasteiger partial charge on any atom is -0.378 e. The first-order valence-corrected chi connectivity index (χ1v) is 27.0. The summed E-state index contributed by atoms with van der Waals surface area (Å²) in [6.45, 7) is 3.64. The lowest BCUT2D eigenvalue weighted by molar-refractivity contribution is -0.131. The number of carbonyl (C=O) groups excluding carboxylic acids is 2. The molecule has 2 amide bonds. The highest BCUT2D eigenvalue weighted by molar-refractivity contribution is 7.89. The molecule has 6 rings (SSSR count). The first-order chi connectivity index (χ1) is 33.5. The lowest BCUT2D eigenvalue weighted by atomic mass is 9.85. The van der Waals surface area contributed by atoms with Gasteiger partial charge in [-0.05, 0) is 96.0 Å². The molecule has 4 aromatic carbocycles. The zero-order valence-electron chi connectivity index (χ0n) is 38.8. The second-order valence-corrected chi connectivity index (χ2v) is 21.8. The van der Waals surface area contributed by atoms with Gasteiger partial charge >= 0.3 is 0 Å². The molecule has 2 heterocycles. The molecule has 4 aromatic rings. The maximum Gasteiger partial charge on any atom is 0.246 e. The molecule has 382 valence electrons. The van der Waals surface area contributed by atoms with Crippen LogP contribution in [0.1, 0.15) is 45.3 Å². The molecule has 4 N–H and O–H groups in total. The number of ether oxygens (including phenoxy) is 5. The Labute approximate surface area is 429 Å². The van der Waals surface area contributed by atoms with Crippen molar-refractivity contribution in [1.29, 1.82) is 0 Å². The maximum absolute atomic E-state index is 12.9. The summed E-state index contributed by atoms with van der Waals surface area (Å²) in [5.74, 6) is -0.844. The Balaban J connectivity index is 0.715. The Hall–Kier alpha value is -3.48. The van der Waals surface area contributed by atoms with Gasteiger partial charge in [0.15, 0.2) is 0 Å². The number of fused-ring (bicyclic) bond motifs is 2. The molecular formula is C47H58Cl4N6O11S2. The average Bonchev–Trinajstić information content (AvgIpc) is 3.65. The van der Waals surface area contributed by atoms with Crippen molar-refractivity contribution in [2.24, 2.45) is 0 Å². The molecule has 0 radical (unpaired) electrons. The smallest absolute Gasteiger partial charge is 0.246 e. The van der Waals surface area contributed by atoms with Crippen molar-refractivity contribution in [3.63, 3.8) is 0 Å². The Morgan fingerprint density at radius 3 is 1.47 bits per heavy atom. The molecule has 0 saturated heterocycles. The first kappa shape index (κ1) is 55.8. The maximum atomic E-state index is 12.9. The SMILES string of the molecule is CN1Cc2c(Cl)cc(Cl)cc2[C@H](c2ccc(S(=O)(=O)NCCOCCOCCNC(=O)COCC(=O)NCCOCCOCCNS(=O)(=O)c3ccc([C@H]4c5cc(Cl)cc(Cl)c5CN4C)cc3)cc2)C1. The third-order valence-corrected chi connectivity index (χ3v) is 15.4. The van der Waals surface area contributed by atoms with Gasteiger partial charge in [-0.1, -0.05) is 70.7 Å².